The van der Waals surface area contributed by atoms with Gasteiger partial charge in [-0.15, -0.1) is 0 Å². The number of nitrogens with zero attached hydrogens (tertiary/aromatic N) is 4. The molecule has 2 rings (SSSR count). The van der Waals surface area contributed by atoms with Crippen molar-refractivity contribution in [3.05, 3.63) is 39.9 Å². The van der Waals surface area contributed by atoms with Crippen molar-refractivity contribution >= 4 is 22.6 Å². The van der Waals surface area contributed by atoms with Gasteiger partial charge in [-0.25, -0.2) is 4.79 Å². The molecule has 0 radical (unpaired) electrons. The number of esters is 1. The summed E-state index contributed by atoms with van der Waals surface area (Å²) in [7, 11) is 2.78. The van der Waals surface area contributed by atoms with E-state index in [0.717, 1.165) is 5.56 Å². The molecule has 0 aliphatic carbocycles. The van der Waals surface area contributed by atoms with Crippen LogP contribution in [0.4, 0.5) is 5.69 Å². The average molecular weight is 272 g/mol. The third-order valence-corrected chi connectivity index (χ3v) is 2.93. The number of benzene rings is 1. The third-order valence-electron chi connectivity index (χ3n) is 2.93. The van der Waals surface area contributed by atoms with Gasteiger partial charge in [0.2, 0.25) is 0 Å². The smallest absolute Gasteiger partial charge is 0.339 e. The van der Waals surface area contributed by atoms with Crippen molar-refractivity contribution in [3.8, 4) is 5.75 Å². The van der Waals surface area contributed by atoms with Crippen LogP contribution in [0.1, 0.15) is 15.9 Å². The SMILES string of the molecule is COC(=O)c1cnc2c(OC)ccc(C)c2c1N=[N+]=[N-]. The van der Waals surface area contributed by atoms with E-state index >= 15 is 0 Å². The summed E-state index contributed by atoms with van der Waals surface area (Å²) in [5.74, 6) is -0.0691. The van der Waals surface area contributed by atoms with Crippen molar-refractivity contribution in [1.29, 1.82) is 0 Å². The Hall–Kier alpha value is -2.79. The first-order valence-electron chi connectivity index (χ1n) is 5.73. The van der Waals surface area contributed by atoms with E-state index in [1.807, 2.05) is 6.92 Å². The zero-order valence-corrected chi connectivity index (χ0v) is 11.2. The van der Waals surface area contributed by atoms with Crippen LogP contribution in [-0.4, -0.2) is 25.2 Å². The number of ether oxygens (including phenoxy) is 2. The maximum Gasteiger partial charge on any atom is 0.339 e. The van der Waals surface area contributed by atoms with Crippen LogP contribution < -0.4 is 4.74 Å². The van der Waals surface area contributed by atoms with Gasteiger partial charge in [0.15, 0.2) is 0 Å². The van der Waals surface area contributed by atoms with E-state index in [-0.39, 0.29) is 11.3 Å². The molecule has 0 N–H and O–H groups in total. The molecule has 0 bridgehead atoms. The summed E-state index contributed by atoms with van der Waals surface area (Å²) in [6, 6.07) is 3.57. The number of methoxy groups -OCH3 is 2. The second kappa shape index (κ2) is 5.46. The molecule has 1 aromatic carbocycles. The minimum atomic E-state index is -0.607. The molecule has 0 atom stereocenters. The van der Waals surface area contributed by atoms with Crippen molar-refractivity contribution in [3.63, 3.8) is 0 Å². The van der Waals surface area contributed by atoms with E-state index in [4.69, 9.17) is 10.3 Å². The molecule has 0 unspecified atom stereocenters. The predicted molar refractivity (Wildman–Crippen MR) is 73.2 cm³/mol. The van der Waals surface area contributed by atoms with Crippen LogP contribution in [0.2, 0.25) is 0 Å². The van der Waals surface area contributed by atoms with Gasteiger partial charge in [-0.05, 0) is 24.1 Å². The summed E-state index contributed by atoms with van der Waals surface area (Å²) in [4.78, 5) is 18.7. The Balaban J connectivity index is 2.94. The normalized spacial score (nSPS) is 9.95. The Kier molecular flexibility index (Phi) is 3.72. The number of carbonyl (C=O) groups is 1. The summed E-state index contributed by atoms with van der Waals surface area (Å²) in [6.07, 6.45) is 1.32. The Morgan fingerprint density at radius 1 is 1.40 bits per heavy atom. The molecule has 20 heavy (non-hydrogen) atoms. The topological polar surface area (TPSA) is 97.2 Å². The van der Waals surface area contributed by atoms with Crippen LogP contribution in [0.3, 0.4) is 0 Å². The van der Waals surface area contributed by atoms with Crippen molar-refractivity contribution in [2.24, 2.45) is 5.11 Å². The number of carbonyl (C=O) groups excluding carboxylic acids is 1. The van der Waals surface area contributed by atoms with E-state index in [1.165, 1.54) is 20.4 Å². The van der Waals surface area contributed by atoms with E-state index in [2.05, 4.69) is 19.7 Å². The maximum atomic E-state index is 11.7. The molecule has 1 aromatic heterocycles. The van der Waals surface area contributed by atoms with Gasteiger partial charge in [-0.2, -0.15) is 0 Å². The summed E-state index contributed by atoms with van der Waals surface area (Å²) in [5, 5.41) is 4.20. The molecule has 0 aliphatic rings. The predicted octanol–water partition coefficient (Wildman–Crippen LogP) is 3.28. The highest BCUT2D eigenvalue weighted by Crippen LogP contribution is 2.36. The minimum absolute atomic E-state index is 0.120. The van der Waals surface area contributed by atoms with Crippen LogP contribution in [-0.2, 0) is 4.74 Å². The highest BCUT2D eigenvalue weighted by atomic mass is 16.5. The fraction of sp³-hybridized carbons (Fsp3) is 0.231. The molecule has 7 nitrogen and oxygen atoms in total. The quantitative estimate of drug-likeness (QED) is 0.370. The van der Waals surface area contributed by atoms with Crippen molar-refractivity contribution < 1.29 is 14.3 Å². The maximum absolute atomic E-state index is 11.7. The largest absolute Gasteiger partial charge is 0.494 e. The number of aromatic nitrogens is 1. The van der Waals surface area contributed by atoms with Gasteiger partial charge in [0, 0.05) is 16.5 Å². The number of azide groups is 1. The number of hydrogen-bond donors (Lipinski definition) is 0. The lowest BCUT2D eigenvalue weighted by Crippen LogP contribution is -2.03. The third kappa shape index (κ3) is 2.10. The molecule has 1 heterocycles. The molecule has 0 aliphatic heterocycles. The second-order valence-electron chi connectivity index (χ2n) is 4.01. The number of hydrogen-bond acceptors (Lipinski definition) is 5. The van der Waals surface area contributed by atoms with Crippen LogP contribution in [0, 0.1) is 6.92 Å². The summed E-state index contributed by atoms with van der Waals surface area (Å²) < 4.78 is 9.90. The molecule has 0 saturated carbocycles. The first-order valence-corrected chi connectivity index (χ1v) is 5.73. The zero-order chi connectivity index (χ0) is 14.7. The van der Waals surface area contributed by atoms with Gasteiger partial charge in [-0.1, -0.05) is 11.2 Å². The van der Waals surface area contributed by atoms with Gasteiger partial charge >= 0.3 is 5.97 Å². The van der Waals surface area contributed by atoms with E-state index in [0.29, 0.717) is 16.7 Å². The molecule has 0 spiro atoms. The van der Waals surface area contributed by atoms with Crippen molar-refractivity contribution in [2.45, 2.75) is 6.92 Å². The Morgan fingerprint density at radius 3 is 2.75 bits per heavy atom. The lowest BCUT2D eigenvalue weighted by atomic mass is 10.0. The fourth-order valence-electron chi connectivity index (χ4n) is 2.00. The minimum Gasteiger partial charge on any atom is -0.494 e. The molecule has 7 heteroatoms. The number of aryl methyl sites for hydroxylation is 1. The average Bonchev–Trinajstić information content (AvgIpc) is 2.47. The van der Waals surface area contributed by atoms with E-state index in [1.54, 1.807) is 12.1 Å². The highest BCUT2D eigenvalue weighted by molar-refractivity contribution is 6.06. The zero-order valence-electron chi connectivity index (χ0n) is 11.2. The van der Waals surface area contributed by atoms with Crippen LogP contribution in [0.15, 0.2) is 23.4 Å². The van der Waals surface area contributed by atoms with Crippen LogP contribution in [0.25, 0.3) is 21.3 Å². The van der Waals surface area contributed by atoms with Gasteiger partial charge in [0.05, 0.1) is 25.5 Å². The van der Waals surface area contributed by atoms with Crippen LogP contribution >= 0.6 is 0 Å². The first kappa shape index (κ1) is 13.6. The molecular formula is C13H12N4O3. The summed E-state index contributed by atoms with van der Waals surface area (Å²) >= 11 is 0. The van der Waals surface area contributed by atoms with Gasteiger partial charge in [0.1, 0.15) is 11.3 Å². The van der Waals surface area contributed by atoms with Crippen molar-refractivity contribution in [2.75, 3.05) is 14.2 Å². The lowest BCUT2D eigenvalue weighted by Gasteiger charge is -2.11. The molecule has 2 aromatic rings. The monoisotopic (exact) mass is 272 g/mol. The summed E-state index contributed by atoms with van der Waals surface area (Å²) in [5.41, 5.74) is 10.4. The Bertz CT molecular complexity index is 736. The van der Waals surface area contributed by atoms with Gasteiger partial charge in [-0.3, -0.25) is 4.98 Å². The van der Waals surface area contributed by atoms with Gasteiger partial charge in [0.25, 0.3) is 0 Å². The molecular weight excluding hydrogens is 260 g/mol. The Labute approximate surface area is 114 Å². The Morgan fingerprint density at radius 2 is 2.15 bits per heavy atom. The van der Waals surface area contributed by atoms with E-state index in [9.17, 15) is 4.79 Å². The molecule has 102 valence electrons. The van der Waals surface area contributed by atoms with Crippen molar-refractivity contribution in [1.82, 2.24) is 4.98 Å². The number of rotatable bonds is 3. The standard InChI is InChI=1S/C13H12N4O3/c1-7-4-5-9(19-2)12-10(7)11(16-17-14)8(6-15-12)13(18)20-3/h4-6H,1-3H3. The second-order valence-corrected chi connectivity index (χ2v) is 4.01. The fourth-order valence-corrected chi connectivity index (χ4v) is 2.00. The first-order chi connectivity index (χ1) is 9.63. The highest BCUT2D eigenvalue weighted by Gasteiger charge is 2.18. The lowest BCUT2D eigenvalue weighted by molar-refractivity contribution is 0.0601. The molecule has 0 saturated heterocycles. The molecule has 0 amide bonds. The van der Waals surface area contributed by atoms with E-state index < -0.39 is 5.97 Å². The van der Waals surface area contributed by atoms with Crippen LogP contribution in [0.5, 0.6) is 5.75 Å². The van der Waals surface area contributed by atoms with Gasteiger partial charge < -0.3 is 9.47 Å². The number of fused-ring (bicyclic) bond motifs is 1. The summed E-state index contributed by atoms with van der Waals surface area (Å²) in [6.45, 7) is 1.83. The molecule has 0 fully saturated rings. The number of pyridine rings is 1.